The number of hydrogen-bond acceptors (Lipinski definition) is 5. The molecule has 0 atom stereocenters. The Bertz CT molecular complexity index is 733. The van der Waals surface area contributed by atoms with Gasteiger partial charge in [-0.3, -0.25) is 4.79 Å². The van der Waals surface area contributed by atoms with Gasteiger partial charge in [-0.15, -0.1) is 0 Å². The van der Waals surface area contributed by atoms with Crippen LogP contribution in [-0.2, 0) is 4.74 Å². The van der Waals surface area contributed by atoms with E-state index in [4.69, 9.17) is 11.6 Å². The van der Waals surface area contributed by atoms with Crippen molar-refractivity contribution in [2.75, 3.05) is 12.4 Å². The number of rotatable bonds is 3. The molecule has 0 aliphatic carbocycles. The van der Waals surface area contributed by atoms with E-state index < -0.39 is 17.5 Å². The quantitative estimate of drug-likeness (QED) is 0.880. The summed E-state index contributed by atoms with van der Waals surface area (Å²) in [7, 11) is 1.25. The zero-order valence-corrected chi connectivity index (χ0v) is 11.6. The van der Waals surface area contributed by atoms with Crippen LogP contribution in [0.3, 0.4) is 0 Å². The highest BCUT2D eigenvalue weighted by atomic mass is 35.5. The predicted octanol–water partition coefficient (Wildman–Crippen LogP) is 2.33. The summed E-state index contributed by atoms with van der Waals surface area (Å²) >= 11 is 5.96. The molecule has 0 aliphatic heterocycles. The number of carbonyl (C=O) groups is 2. The Morgan fingerprint density at radius 1 is 1.19 bits per heavy atom. The van der Waals surface area contributed by atoms with Crippen molar-refractivity contribution >= 4 is 29.2 Å². The summed E-state index contributed by atoms with van der Waals surface area (Å²) in [6.45, 7) is 0. The minimum Gasteiger partial charge on any atom is -0.465 e. The second-order valence-electron chi connectivity index (χ2n) is 3.98. The van der Waals surface area contributed by atoms with Crippen LogP contribution < -0.4 is 10.9 Å². The van der Waals surface area contributed by atoms with Gasteiger partial charge in [0.15, 0.2) is 0 Å². The van der Waals surface area contributed by atoms with Crippen LogP contribution in [0.15, 0.2) is 45.8 Å². The van der Waals surface area contributed by atoms with Gasteiger partial charge in [0.05, 0.1) is 28.9 Å². The van der Waals surface area contributed by atoms with E-state index in [1.807, 2.05) is 0 Å². The molecule has 7 heteroatoms. The van der Waals surface area contributed by atoms with E-state index in [0.29, 0.717) is 0 Å². The Morgan fingerprint density at radius 3 is 2.52 bits per heavy atom. The van der Waals surface area contributed by atoms with E-state index in [-0.39, 0.29) is 21.8 Å². The fourth-order valence-corrected chi connectivity index (χ4v) is 1.71. The SMILES string of the molecule is COC(=O)c1ccc(Cl)c(NC(=O)c2ccc(=O)oc2)c1. The molecule has 0 unspecified atom stereocenters. The molecule has 1 amide bonds. The van der Waals surface area contributed by atoms with E-state index >= 15 is 0 Å². The highest BCUT2D eigenvalue weighted by Gasteiger charge is 2.12. The smallest absolute Gasteiger partial charge is 0.337 e. The molecular formula is C14H10ClNO5. The first-order chi connectivity index (χ1) is 10.0. The van der Waals surface area contributed by atoms with Gasteiger partial charge in [0.25, 0.3) is 5.91 Å². The molecule has 0 radical (unpaired) electrons. The van der Waals surface area contributed by atoms with Crippen molar-refractivity contribution in [2.45, 2.75) is 0 Å². The molecule has 2 rings (SSSR count). The average Bonchev–Trinajstić information content (AvgIpc) is 2.49. The lowest BCUT2D eigenvalue weighted by atomic mass is 10.2. The van der Waals surface area contributed by atoms with Crippen LogP contribution >= 0.6 is 11.6 Å². The number of anilines is 1. The third-order valence-corrected chi connectivity index (χ3v) is 2.93. The maximum atomic E-state index is 12.0. The van der Waals surface area contributed by atoms with E-state index in [0.717, 1.165) is 12.3 Å². The summed E-state index contributed by atoms with van der Waals surface area (Å²) in [5.74, 6) is -1.07. The van der Waals surface area contributed by atoms with Gasteiger partial charge in [-0.2, -0.15) is 0 Å². The van der Waals surface area contributed by atoms with Crippen LogP contribution in [0.4, 0.5) is 5.69 Å². The summed E-state index contributed by atoms with van der Waals surface area (Å²) in [6.07, 6.45) is 1.04. The van der Waals surface area contributed by atoms with Gasteiger partial charge in [0.1, 0.15) is 6.26 Å². The summed E-state index contributed by atoms with van der Waals surface area (Å²) in [4.78, 5) is 34.3. The van der Waals surface area contributed by atoms with Gasteiger partial charge >= 0.3 is 11.6 Å². The highest BCUT2D eigenvalue weighted by molar-refractivity contribution is 6.34. The van der Waals surface area contributed by atoms with Crippen molar-refractivity contribution in [1.82, 2.24) is 0 Å². The summed E-state index contributed by atoms with van der Waals surface area (Å²) in [5.41, 5.74) is 0.0824. The average molecular weight is 308 g/mol. The van der Waals surface area contributed by atoms with Crippen LogP contribution in [0, 0.1) is 0 Å². The van der Waals surface area contributed by atoms with Gasteiger partial charge < -0.3 is 14.5 Å². The zero-order valence-electron chi connectivity index (χ0n) is 10.9. The number of carbonyl (C=O) groups excluding carboxylic acids is 2. The molecule has 108 valence electrons. The number of halogens is 1. The van der Waals surface area contributed by atoms with Crippen molar-refractivity contribution in [3.8, 4) is 0 Å². The van der Waals surface area contributed by atoms with Crippen LogP contribution in [0.2, 0.25) is 5.02 Å². The minimum absolute atomic E-state index is 0.147. The first-order valence-corrected chi connectivity index (χ1v) is 6.17. The second-order valence-corrected chi connectivity index (χ2v) is 4.39. The molecule has 0 spiro atoms. The maximum Gasteiger partial charge on any atom is 0.337 e. The molecule has 0 bridgehead atoms. The van der Waals surface area contributed by atoms with E-state index in [1.165, 1.54) is 31.4 Å². The number of benzene rings is 1. The largest absolute Gasteiger partial charge is 0.465 e. The molecule has 1 aromatic carbocycles. The molecule has 21 heavy (non-hydrogen) atoms. The summed E-state index contributed by atoms with van der Waals surface area (Å²) < 4.78 is 9.19. The van der Waals surface area contributed by atoms with Gasteiger partial charge in [0, 0.05) is 6.07 Å². The molecule has 0 saturated heterocycles. The Morgan fingerprint density at radius 2 is 1.90 bits per heavy atom. The van der Waals surface area contributed by atoms with Crippen LogP contribution in [0.1, 0.15) is 20.7 Å². The monoisotopic (exact) mass is 307 g/mol. The van der Waals surface area contributed by atoms with Crippen LogP contribution in [-0.4, -0.2) is 19.0 Å². The molecule has 0 saturated carbocycles. The maximum absolute atomic E-state index is 12.0. The minimum atomic E-state index is -0.558. The predicted molar refractivity (Wildman–Crippen MR) is 75.7 cm³/mol. The number of hydrogen-bond donors (Lipinski definition) is 1. The number of esters is 1. The molecule has 1 heterocycles. The molecule has 1 aromatic heterocycles. The molecule has 0 fully saturated rings. The summed E-state index contributed by atoms with van der Waals surface area (Å²) in [6, 6.07) is 6.78. The fraction of sp³-hybridized carbons (Fsp3) is 0.0714. The zero-order chi connectivity index (χ0) is 15.4. The molecular weight excluding hydrogens is 298 g/mol. The van der Waals surface area contributed by atoms with Crippen molar-refractivity contribution in [3.05, 3.63) is 63.2 Å². The van der Waals surface area contributed by atoms with Gasteiger partial charge in [-0.25, -0.2) is 9.59 Å². The Kier molecular flexibility index (Phi) is 4.39. The number of methoxy groups -OCH3 is 1. The van der Waals surface area contributed by atoms with Gasteiger partial charge in [-0.05, 0) is 24.3 Å². The van der Waals surface area contributed by atoms with E-state index in [1.54, 1.807) is 0 Å². The third-order valence-electron chi connectivity index (χ3n) is 2.60. The standard InChI is InChI=1S/C14H10ClNO5/c1-20-14(19)8-2-4-10(15)11(6-8)16-13(18)9-3-5-12(17)21-7-9/h2-7H,1H3,(H,16,18). The highest BCUT2D eigenvalue weighted by Crippen LogP contribution is 2.24. The first kappa shape index (κ1) is 14.8. The van der Waals surface area contributed by atoms with Crippen LogP contribution in [0.5, 0.6) is 0 Å². The van der Waals surface area contributed by atoms with Crippen molar-refractivity contribution in [3.63, 3.8) is 0 Å². The number of ether oxygens (including phenoxy) is 1. The second kappa shape index (κ2) is 6.23. The molecule has 0 aliphatic rings. The Hall–Kier alpha value is -2.60. The topological polar surface area (TPSA) is 85.6 Å². The van der Waals surface area contributed by atoms with Crippen molar-refractivity contribution < 1.29 is 18.7 Å². The lowest BCUT2D eigenvalue weighted by Crippen LogP contribution is -2.14. The lowest BCUT2D eigenvalue weighted by molar-refractivity contribution is 0.0600. The molecule has 6 nitrogen and oxygen atoms in total. The molecule has 2 aromatic rings. The Balaban J connectivity index is 2.26. The van der Waals surface area contributed by atoms with E-state index in [2.05, 4.69) is 14.5 Å². The first-order valence-electron chi connectivity index (χ1n) is 5.79. The van der Waals surface area contributed by atoms with Gasteiger partial charge in [-0.1, -0.05) is 11.6 Å². The normalized spacial score (nSPS) is 10.0. The van der Waals surface area contributed by atoms with Crippen LogP contribution in [0.25, 0.3) is 0 Å². The van der Waals surface area contributed by atoms with Crippen molar-refractivity contribution in [2.24, 2.45) is 0 Å². The lowest BCUT2D eigenvalue weighted by Gasteiger charge is -2.08. The third kappa shape index (κ3) is 3.49. The Labute approximate surface area is 124 Å². The van der Waals surface area contributed by atoms with Crippen molar-refractivity contribution in [1.29, 1.82) is 0 Å². The van der Waals surface area contributed by atoms with Gasteiger partial charge in [0.2, 0.25) is 0 Å². The molecule has 1 N–H and O–H groups in total. The number of amides is 1. The summed E-state index contributed by atoms with van der Waals surface area (Å²) in [5, 5.41) is 2.78. The fourth-order valence-electron chi connectivity index (χ4n) is 1.55. The number of nitrogens with one attached hydrogen (secondary N) is 1. The van der Waals surface area contributed by atoms with E-state index in [9.17, 15) is 14.4 Å².